The van der Waals surface area contributed by atoms with E-state index in [1.165, 1.54) is 12.1 Å². The van der Waals surface area contributed by atoms with Crippen LogP contribution in [0.3, 0.4) is 0 Å². The molecular formula is C24H28Cl2F3N5S. The molecule has 0 unspecified atom stereocenters. The van der Waals surface area contributed by atoms with Crippen LogP contribution in [0.15, 0.2) is 53.9 Å². The van der Waals surface area contributed by atoms with Gasteiger partial charge in [0.05, 0.1) is 5.56 Å². The Kier molecular flexibility index (Phi) is 8.78. The third kappa shape index (κ3) is 5.96. The van der Waals surface area contributed by atoms with Gasteiger partial charge in [-0.15, -0.1) is 35.0 Å². The number of hydrogen-bond acceptors (Lipinski definition) is 5. The highest BCUT2D eigenvalue weighted by Crippen LogP contribution is 2.64. The van der Waals surface area contributed by atoms with Gasteiger partial charge >= 0.3 is 6.18 Å². The average molecular weight is 546 g/mol. The lowest BCUT2D eigenvalue weighted by Gasteiger charge is -2.16. The Morgan fingerprint density at radius 1 is 1.11 bits per heavy atom. The molecule has 2 aliphatic rings. The average Bonchev–Trinajstić information content (AvgIpc) is 3.15. The third-order valence-electron chi connectivity index (χ3n) is 6.90. The summed E-state index contributed by atoms with van der Waals surface area (Å²) >= 11 is 1.71. The van der Waals surface area contributed by atoms with Gasteiger partial charge in [0.15, 0.2) is 11.0 Å². The molecule has 3 heterocycles. The first-order valence-corrected chi connectivity index (χ1v) is 12.2. The Labute approximate surface area is 219 Å². The van der Waals surface area contributed by atoms with Crippen molar-refractivity contribution in [2.24, 2.45) is 12.5 Å². The van der Waals surface area contributed by atoms with Gasteiger partial charge in [-0.25, -0.2) is 0 Å². The number of thioether (sulfide) groups is 1. The van der Waals surface area contributed by atoms with Crippen molar-refractivity contribution in [1.29, 1.82) is 0 Å². The van der Waals surface area contributed by atoms with Gasteiger partial charge in [0.2, 0.25) is 0 Å². The van der Waals surface area contributed by atoms with Gasteiger partial charge in [-0.1, -0.05) is 23.9 Å². The zero-order valence-corrected chi connectivity index (χ0v) is 21.7. The molecule has 1 aromatic carbocycles. The van der Waals surface area contributed by atoms with Crippen molar-refractivity contribution in [3.63, 3.8) is 0 Å². The highest BCUT2D eigenvalue weighted by atomic mass is 35.5. The molecule has 2 atom stereocenters. The van der Waals surface area contributed by atoms with Crippen molar-refractivity contribution in [3.8, 4) is 11.4 Å². The van der Waals surface area contributed by atoms with Crippen molar-refractivity contribution in [2.75, 3.05) is 25.4 Å². The van der Waals surface area contributed by atoms with Crippen LogP contribution in [0, 0.1) is 5.41 Å². The molecule has 0 N–H and O–H groups in total. The Balaban J connectivity index is 0.00000171. The maximum absolute atomic E-state index is 12.8. The fraction of sp³-hybridized carbons (Fsp3) is 0.458. The van der Waals surface area contributed by atoms with E-state index in [-0.39, 0.29) is 30.2 Å². The molecular weight excluding hydrogens is 518 g/mol. The van der Waals surface area contributed by atoms with Gasteiger partial charge in [-0.05, 0) is 73.5 Å². The van der Waals surface area contributed by atoms with E-state index >= 15 is 0 Å². The predicted octanol–water partition coefficient (Wildman–Crippen LogP) is 6.10. The first-order chi connectivity index (χ1) is 15.9. The summed E-state index contributed by atoms with van der Waals surface area (Å²) in [4.78, 5) is 6.65. The molecule has 1 aliphatic carbocycles. The quantitative estimate of drug-likeness (QED) is 0.265. The lowest BCUT2D eigenvalue weighted by molar-refractivity contribution is -0.137. The van der Waals surface area contributed by atoms with E-state index in [0.717, 1.165) is 66.8 Å². The summed E-state index contributed by atoms with van der Waals surface area (Å²) in [5.74, 6) is 2.17. The fourth-order valence-electron chi connectivity index (χ4n) is 4.99. The molecule has 11 heteroatoms. The number of rotatable bonds is 7. The lowest BCUT2D eigenvalue weighted by atomic mass is 9.97. The molecule has 3 aromatic rings. The Hall–Kier alpha value is -1.81. The van der Waals surface area contributed by atoms with Crippen LogP contribution in [0.1, 0.15) is 36.3 Å². The predicted molar refractivity (Wildman–Crippen MR) is 136 cm³/mol. The molecule has 35 heavy (non-hydrogen) atoms. The number of likely N-dealkylation sites (tertiary alicyclic amines) is 1. The number of hydrogen-bond donors (Lipinski definition) is 0. The van der Waals surface area contributed by atoms with E-state index in [1.54, 1.807) is 36.3 Å². The monoisotopic (exact) mass is 545 g/mol. The minimum Gasteiger partial charge on any atom is -0.305 e. The highest BCUT2D eigenvalue weighted by molar-refractivity contribution is 7.99. The molecule has 0 radical (unpaired) electrons. The SMILES string of the molecule is Cl.Cl.Cn1c(SCCCN2CC[C@]3(C[C@@H]3c3ccc(C(F)(F)F)cc3)C2)nnc1-c1cccnc1. The molecule has 1 aliphatic heterocycles. The maximum Gasteiger partial charge on any atom is 0.416 e. The number of pyridine rings is 1. The molecule has 0 amide bonds. The van der Waals surface area contributed by atoms with Crippen LogP contribution in [0.4, 0.5) is 13.2 Å². The third-order valence-corrected chi connectivity index (χ3v) is 8.01. The van der Waals surface area contributed by atoms with E-state index in [9.17, 15) is 13.2 Å². The zero-order valence-electron chi connectivity index (χ0n) is 19.2. The van der Waals surface area contributed by atoms with Gasteiger partial charge in [-0.3, -0.25) is 4.98 Å². The molecule has 0 bridgehead atoms. The Morgan fingerprint density at radius 2 is 1.89 bits per heavy atom. The van der Waals surface area contributed by atoms with Crippen LogP contribution in [0.5, 0.6) is 0 Å². The van der Waals surface area contributed by atoms with Crippen LogP contribution >= 0.6 is 36.6 Å². The first-order valence-electron chi connectivity index (χ1n) is 11.2. The van der Waals surface area contributed by atoms with Crippen LogP contribution in [0.2, 0.25) is 0 Å². The van der Waals surface area contributed by atoms with Crippen molar-refractivity contribution in [2.45, 2.75) is 36.5 Å². The second kappa shape index (κ2) is 11.1. The summed E-state index contributed by atoms with van der Waals surface area (Å²) < 4.78 is 40.5. The van der Waals surface area contributed by atoms with Crippen molar-refractivity contribution < 1.29 is 13.2 Å². The smallest absolute Gasteiger partial charge is 0.305 e. The molecule has 1 saturated heterocycles. The number of nitrogens with zero attached hydrogens (tertiary/aromatic N) is 5. The molecule has 1 spiro atoms. The summed E-state index contributed by atoms with van der Waals surface area (Å²) in [6, 6.07) is 9.64. The maximum atomic E-state index is 12.8. The number of aromatic nitrogens is 4. The number of benzene rings is 1. The largest absolute Gasteiger partial charge is 0.416 e. The normalized spacial score (nSPS) is 21.5. The second-order valence-corrected chi connectivity index (χ2v) is 10.1. The van der Waals surface area contributed by atoms with Crippen LogP contribution in [-0.4, -0.2) is 50.0 Å². The van der Waals surface area contributed by atoms with E-state index in [0.29, 0.717) is 5.92 Å². The van der Waals surface area contributed by atoms with Crippen LogP contribution < -0.4 is 0 Å². The van der Waals surface area contributed by atoms with Gasteiger partial charge in [0, 0.05) is 37.3 Å². The minimum atomic E-state index is -4.27. The number of halogens is 5. The van der Waals surface area contributed by atoms with Gasteiger partial charge in [-0.2, -0.15) is 13.2 Å². The highest BCUT2D eigenvalue weighted by Gasteiger charge is 2.57. The summed E-state index contributed by atoms with van der Waals surface area (Å²) in [6.07, 6.45) is 2.53. The molecule has 2 fully saturated rings. The lowest BCUT2D eigenvalue weighted by Crippen LogP contribution is -2.23. The fourth-order valence-corrected chi connectivity index (χ4v) is 5.82. The Morgan fingerprint density at radius 3 is 2.57 bits per heavy atom. The van der Waals surface area contributed by atoms with Crippen molar-refractivity contribution >= 4 is 36.6 Å². The molecule has 1 saturated carbocycles. The number of alkyl halides is 3. The minimum absolute atomic E-state index is 0. The van der Waals surface area contributed by atoms with E-state index in [4.69, 9.17) is 0 Å². The van der Waals surface area contributed by atoms with Crippen LogP contribution in [-0.2, 0) is 13.2 Å². The topological polar surface area (TPSA) is 46.8 Å². The van der Waals surface area contributed by atoms with Crippen molar-refractivity contribution in [1.82, 2.24) is 24.6 Å². The Bertz CT molecular complexity index is 1110. The van der Waals surface area contributed by atoms with Crippen molar-refractivity contribution in [3.05, 3.63) is 59.9 Å². The molecule has 2 aromatic heterocycles. The molecule has 190 valence electrons. The van der Waals surface area contributed by atoms with E-state index in [2.05, 4.69) is 20.1 Å². The summed E-state index contributed by atoms with van der Waals surface area (Å²) in [6.45, 7) is 3.14. The zero-order chi connectivity index (χ0) is 23.1. The van der Waals surface area contributed by atoms with Gasteiger partial charge < -0.3 is 9.47 Å². The standard InChI is InChI=1S/C24H26F3N5S.2ClH/c1-31-21(18-4-2-10-28-15-18)29-30-22(31)33-13-3-11-32-12-9-23(16-32)14-20(23)17-5-7-19(8-6-17)24(25,26)27;;/h2,4-8,10,15,20H,3,9,11-14,16H2,1H3;2*1H/t20-,23+;;/m1../s1. The van der Waals surface area contributed by atoms with Gasteiger partial charge in [0.25, 0.3) is 0 Å². The second-order valence-electron chi connectivity index (χ2n) is 9.07. The van der Waals surface area contributed by atoms with E-state index < -0.39 is 11.7 Å². The van der Waals surface area contributed by atoms with Gasteiger partial charge in [0.1, 0.15) is 0 Å². The molecule has 5 rings (SSSR count). The first kappa shape index (κ1) is 27.8. The summed E-state index contributed by atoms with van der Waals surface area (Å²) in [5.41, 5.74) is 1.69. The molecule has 5 nitrogen and oxygen atoms in total. The summed E-state index contributed by atoms with van der Waals surface area (Å²) in [7, 11) is 1.98. The van der Waals surface area contributed by atoms with Crippen LogP contribution in [0.25, 0.3) is 11.4 Å². The van der Waals surface area contributed by atoms with E-state index in [1.807, 2.05) is 23.7 Å². The summed E-state index contributed by atoms with van der Waals surface area (Å²) in [5, 5.41) is 9.53.